The van der Waals surface area contributed by atoms with Crippen LogP contribution in [0.4, 0.5) is 0 Å². The summed E-state index contributed by atoms with van der Waals surface area (Å²) in [5.41, 5.74) is 2.83. The van der Waals surface area contributed by atoms with Crippen LogP contribution in [0.1, 0.15) is 60.3 Å². The summed E-state index contributed by atoms with van der Waals surface area (Å²) >= 11 is 0. The number of allylic oxidation sites excluding steroid dienone is 5. The third kappa shape index (κ3) is 7.11. The molecule has 0 spiro atoms. The number of esters is 1. The molecule has 1 aliphatic carbocycles. The molecule has 0 saturated heterocycles. The number of carbonyl (C=O) groups excluding carboxylic acids is 3. The number of carbonyl (C=O) groups is 3. The minimum absolute atomic E-state index is 0.0718. The molecule has 0 aromatic rings. The highest BCUT2D eigenvalue weighted by atomic mass is 16.5. The quantitative estimate of drug-likeness (QED) is 0.378. The molecule has 0 radical (unpaired) electrons. The molecule has 0 saturated carbocycles. The summed E-state index contributed by atoms with van der Waals surface area (Å²) in [6.07, 6.45) is 9.57. The molecule has 0 N–H and O–H groups in total. The summed E-state index contributed by atoms with van der Waals surface area (Å²) in [6, 6.07) is 0. The molecule has 0 bridgehead atoms. The zero-order valence-corrected chi connectivity index (χ0v) is 16.7. The molecule has 0 aromatic heterocycles. The maximum absolute atomic E-state index is 13.0. The predicted octanol–water partition coefficient (Wildman–Crippen LogP) is 4.60. The largest absolute Gasteiger partial charge is 0.465 e. The van der Waals surface area contributed by atoms with Gasteiger partial charge in [-0.25, -0.2) is 0 Å². The monoisotopic (exact) mass is 360 g/mol. The lowest BCUT2D eigenvalue weighted by atomic mass is 9.73. The maximum atomic E-state index is 13.0. The van der Waals surface area contributed by atoms with Gasteiger partial charge in [0.1, 0.15) is 12.1 Å². The Balaban J connectivity index is 3.18. The van der Waals surface area contributed by atoms with Gasteiger partial charge in [-0.2, -0.15) is 0 Å². The van der Waals surface area contributed by atoms with E-state index < -0.39 is 5.97 Å². The van der Waals surface area contributed by atoms with Gasteiger partial charge in [0.15, 0.2) is 0 Å². The van der Waals surface area contributed by atoms with Gasteiger partial charge < -0.3 is 4.74 Å². The van der Waals surface area contributed by atoms with Gasteiger partial charge in [0, 0.05) is 25.2 Å². The molecule has 0 fully saturated rings. The smallest absolute Gasteiger partial charge is 0.302 e. The third-order valence-electron chi connectivity index (χ3n) is 4.90. The van der Waals surface area contributed by atoms with Gasteiger partial charge in [-0.3, -0.25) is 14.4 Å². The fraction of sp³-hybridized carbons (Fsp3) is 0.591. The van der Waals surface area contributed by atoms with Crippen molar-refractivity contribution in [3.05, 3.63) is 34.9 Å². The van der Waals surface area contributed by atoms with E-state index in [0.29, 0.717) is 18.4 Å². The number of hydrogen-bond acceptors (Lipinski definition) is 4. The van der Waals surface area contributed by atoms with Crippen LogP contribution in [0.5, 0.6) is 0 Å². The van der Waals surface area contributed by atoms with Crippen molar-refractivity contribution in [2.45, 2.75) is 60.3 Å². The number of ketones is 1. The lowest BCUT2D eigenvalue weighted by Gasteiger charge is -2.31. The van der Waals surface area contributed by atoms with E-state index in [9.17, 15) is 14.4 Å². The van der Waals surface area contributed by atoms with Crippen molar-refractivity contribution in [1.29, 1.82) is 0 Å². The van der Waals surface area contributed by atoms with E-state index in [2.05, 4.69) is 26.8 Å². The van der Waals surface area contributed by atoms with Crippen LogP contribution >= 0.6 is 0 Å². The molecule has 1 aliphatic rings. The Morgan fingerprint density at radius 2 is 2.00 bits per heavy atom. The van der Waals surface area contributed by atoms with Crippen LogP contribution in [-0.2, 0) is 19.1 Å². The van der Waals surface area contributed by atoms with Gasteiger partial charge in [0.05, 0.1) is 6.61 Å². The van der Waals surface area contributed by atoms with Gasteiger partial charge >= 0.3 is 5.97 Å². The lowest BCUT2D eigenvalue weighted by Crippen LogP contribution is -2.34. The molecule has 26 heavy (non-hydrogen) atoms. The van der Waals surface area contributed by atoms with Crippen LogP contribution in [0.2, 0.25) is 0 Å². The van der Waals surface area contributed by atoms with Crippen molar-refractivity contribution in [1.82, 2.24) is 0 Å². The van der Waals surface area contributed by atoms with Gasteiger partial charge in [0.2, 0.25) is 0 Å². The topological polar surface area (TPSA) is 60.4 Å². The molecule has 4 heteroatoms. The van der Waals surface area contributed by atoms with Crippen LogP contribution in [0.25, 0.3) is 0 Å². The Bertz CT molecular complexity index is 606. The fourth-order valence-electron chi connectivity index (χ4n) is 3.52. The number of ether oxygens (including phenoxy) is 1. The van der Waals surface area contributed by atoms with E-state index >= 15 is 0 Å². The van der Waals surface area contributed by atoms with Gasteiger partial charge in [-0.05, 0) is 51.5 Å². The zero-order chi connectivity index (χ0) is 19.7. The van der Waals surface area contributed by atoms with Crippen LogP contribution in [-0.4, -0.2) is 24.6 Å². The van der Waals surface area contributed by atoms with Crippen LogP contribution in [0, 0.1) is 17.8 Å². The molecule has 0 unspecified atom stereocenters. The van der Waals surface area contributed by atoms with Crippen LogP contribution in [0.15, 0.2) is 34.9 Å². The molecule has 1 rings (SSSR count). The van der Waals surface area contributed by atoms with Gasteiger partial charge in [-0.1, -0.05) is 36.3 Å². The average molecular weight is 360 g/mol. The molecular weight excluding hydrogens is 328 g/mol. The minimum Gasteiger partial charge on any atom is -0.465 e. The highest BCUT2D eigenvalue weighted by molar-refractivity contribution is 5.86. The zero-order valence-electron chi connectivity index (χ0n) is 16.7. The normalized spacial score (nSPS) is 26.1. The second-order valence-electron chi connectivity index (χ2n) is 7.52. The van der Waals surface area contributed by atoms with E-state index in [0.717, 1.165) is 24.7 Å². The average Bonchev–Trinajstić information content (AvgIpc) is 2.59. The van der Waals surface area contributed by atoms with Crippen molar-refractivity contribution >= 4 is 18.0 Å². The first-order valence-electron chi connectivity index (χ1n) is 9.36. The third-order valence-corrected chi connectivity index (χ3v) is 4.90. The highest BCUT2D eigenvalue weighted by Crippen LogP contribution is 2.34. The highest BCUT2D eigenvalue weighted by Gasteiger charge is 2.35. The molecule has 144 valence electrons. The Kier molecular flexibility index (Phi) is 9.25. The molecule has 0 heterocycles. The molecule has 0 amide bonds. The molecular formula is C22H32O4. The SMILES string of the molecule is CC(=O)OC[C@@H]1/C(C=O)=C\C/C=C(\C)CC(=O)[C@H]1[C@H](C)CCC=C(C)C. The van der Waals surface area contributed by atoms with Crippen molar-refractivity contribution in [3.8, 4) is 0 Å². The van der Waals surface area contributed by atoms with E-state index in [1.165, 1.54) is 12.5 Å². The first kappa shape index (κ1) is 22.1. The first-order chi connectivity index (χ1) is 12.3. The number of Topliss-reactive ketones (excluding diaryl/α,β-unsaturated/α-hetero) is 1. The molecule has 4 nitrogen and oxygen atoms in total. The predicted molar refractivity (Wildman–Crippen MR) is 104 cm³/mol. The summed E-state index contributed by atoms with van der Waals surface area (Å²) in [6.45, 7) is 9.54. The maximum Gasteiger partial charge on any atom is 0.302 e. The fourth-order valence-corrected chi connectivity index (χ4v) is 3.52. The van der Waals surface area contributed by atoms with E-state index in [4.69, 9.17) is 4.74 Å². The molecule has 0 aliphatic heterocycles. The van der Waals surface area contributed by atoms with E-state index in [1.54, 1.807) is 0 Å². The number of rotatable bonds is 7. The van der Waals surface area contributed by atoms with Crippen LogP contribution < -0.4 is 0 Å². The summed E-state index contributed by atoms with van der Waals surface area (Å²) in [5, 5.41) is 0. The second kappa shape index (κ2) is 10.9. The standard InChI is InChI=1S/C22H32O4/c1-15(2)8-6-10-17(4)22-20(14-26-18(5)24)19(13-23)11-7-9-16(3)12-21(22)25/h8-9,11,13,17,20,22H,6-7,10,12,14H2,1-5H3/b16-9+,19-11-/t17-,20-,22+/m1/s1. The summed E-state index contributed by atoms with van der Waals surface area (Å²) in [4.78, 5) is 36.1. The molecule has 3 atom stereocenters. The van der Waals surface area contributed by atoms with Crippen molar-refractivity contribution in [2.75, 3.05) is 6.61 Å². The Labute approximate surface area is 157 Å². The van der Waals surface area contributed by atoms with Crippen molar-refractivity contribution in [2.24, 2.45) is 17.8 Å². The minimum atomic E-state index is -0.396. The summed E-state index contributed by atoms with van der Waals surface area (Å²) < 4.78 is 5.23. The Morgan fingerprint density at radius 3 is 2.58 bits per heavy atom. The van der Waals surface area contributed by atoms with Crippen molar-refractivity contribution < 1.29 is 19.1 Å². The Hall–Kier alpha value is -1.97. The summed E-state index contributed by atoms with van der Waals surface area (Å²) in [7, 11) is 0. The second-order valence-corrected chi connectivity index (χ2v) is 7.52. The van der Waals surface area contributed by atoms with Crippen molar-refractivity contribution in [3.63, 3.8) is 0 Å². The first-order valence-corrected chi connectivity index (χ1v) is 9.36. The Morgan fingerprint density at radius 1 is 1.31 bits per heavy atom. The number of aldehydes is 1. The van der Waals surface area contributed by atoms with E-state index in [-0.39, 0.29) is 30.1 Å². The molecule has 0 aromatic carbocycles. The van der Waals surface area contributed by atoms with Crippen LogP contribution in [0.3, 0.4) is 0 Å². The van der Waals surface area contributed by atoms with Gasteiger partial charge in [0.25, 0.3) is 0 Å². The number of hydrogen-bond donors (Lipinski definition) is 0. The lowest BCUT2D eigenvalue weighted by molar-refractivity contribution is -0.144. The summed E-state index contributed by atoms with van der Waals surface area (Å²) in [5.74, 6) is -0.904. The van der Waals surface area contributed by atoms with E-state index in [1.807, 2.05) is 19.1 Å². The van der Waals surface area contributed by atoms with Gasteiger partial charge in [-0.15, -0.1) is 0 Å².